The van der Waals surface area contributed by atoms with Gasteiger partial charge < -0.3 is 39.3 Å². The topological polar surface area (TPSA) is 153 Å². The summed E-state index contributed by atoms with van der Waals surface area (Å²) in [6, 6.07) is 0. The Morgan fingerprint density at radius 3 is 2.29 bits per heavy atom. The average molecular weight is 734 g/mol. The molecule has 0 amide bonds. The number of nitrogens with two attached hydrogens (primary N) is 1. The monoisotopic (exact) mass is 733 g/mol. The number of aliphatic carboxylic acids is 1. The van der Waals surface area contributed by atoms with Gasteiger partial charge in [-0.2, -0.15) is 0 Å². The van der Waals surface area contributed by atoms with Crippen LogP contribution in [0.5, 0.6) is 0 Å². The van der Waals surface area contributed by atoms with Crippen molar-refractivity contribution >= 4 is 17.9 Å². The highest BCUT2D eigenvalue weighted by Crippen LogP contribution is 2.65. The molecule has 0 aromatic rings. The lowest BCUT2D eigenvalue weighted by Gasteiger charge is -2.64. The zero-order chi connectivity index (χ0) is 39.0. The number of methoxy groups -OCH3 is 3. The lowest BCUT2D eigenvalue weighted by Crippen LogP contribution is -2.71. The number of carbonyl (C=O) groups excluding carboxylic acids is 2. The Kier molecular flexibility index (Phi) is 12.9. The molecule has 1 aliphatic heterocycles. The second-order valence-corrected chi connectivity index (χ2v) is 17.6. The Morgan fingerprint density at radius 1 is 1.02 bits per heavy atom. The van der Waals surface area contributed by atoms with Crippen LogP contribution in [-0.2, 0) is 42.8 Å². The summed E-state index contributed by atoms with van der Waals surface area (Å²) in [5, 5.41) is 9.98. The summed E-state index contributed by atoms with van der Waals surface area (Å²) in [4.78, 5) is 39.8. The molecule has 5 rings (SSSR count). The van der Waals surface area contributed by atoms with Crippen molar-refractivity contribution in [2.24, 2.45) is 51.1 Å². The largest absolute Gasteiger partial charge is 0.481 e. The highest BCUT2D eigenvalue weighted by atomic mass is 16.8. The number of hydrogen-bond donors (Lipinski definition) is 2. The van der Waals surface area contributed by atoms with Gasteiger partial charge in [-0.3, -0.25) is 9.59 Å². The first-order valence-corrected chi connectivity index (χ1v) is 19.3. The molecule has 4 fully saturated rings. The number of ether oxygens (including phenoxy) is 6. The molecule has 3 N–H and O–H groups in total. The van der Waals surface area contributed by atoms with E-state index in [0.29, 0.717) is 25.2 Å². The Morgan fingerprint density at radius 2 is 1.69 bits per heavy atom. The Labute approximate surface area is 311 Å². The maximum Gasteiger partial charge on any atom is 0.335 e. The Bertz CT molecular complexity index is 1370. The van der Waals surface area contributed by atoms with Gasteiger partial charge in [-0.05, 0) is 72.7 Å². The first kappa shape index (κ1) is 42.4. The molecule has 5 aliphatic rings. The molecule has 11 atom stereocenters. The molecule has 11 nitrogen and oxygen atoms in total. The first-order chi connectivity index (χ1) is 24.3. The summed E-state index contributed by atoms with van der Waals surface area (Å²) in [6.07, 6.45) is 4.70. The highest BCUT2D eigenvalue weighted by molar-refractivity contribution is 5.87. The molecule has 1 saturated heterocycles. The summed E-state index contributed by atoms with van der Waals surface area (Å²) >= 11 is 0. The van der Waals surface area contributed by atoms with E-state index in [0.717, 1.165) is 43.3 Å². The first-order valence-electron chi connectivity index (χ1n) is 19.3. The van der Waals surface area contributed by atoms with Gasteiger partial charge in [-0.1, -0.05) is 80.0 Å². The van der Waals surface area contributed by atoms with E-state index in [2.05, 4.69) is 54.2 Å². The van der Waals surface area contributed by atoms with Gasteiger partial charge in [0, 0.05) is 37.0 Å². The van der Waals surface area contributed by atoms with E-state index in [1.54, 1.807) is 14.2 Å². The SMILES string of the molecule is C=C1CC[C@H]2C(C)(C)CCCC2(C)C1COC(C(=O)OC)C(CC(=O)O)C(=O)O[C@H]1CC(C)(C)[C@]2(N)CC=C3C(OC)OC(OC)C3C2(C)C1.CC. The zero-order valence-corrected chi connectivity index (χ0v) is 33.7. The van der Waals surface area contributed by atoms with Gasteiger partial charge in [-0.15, -0.1) is 0 Å². The molecule has 0 aromatic heterocycles. The van der Waals surface area contributed by atoms with Crippen molar-refractivity contribution in [1.29, 1.82) is 0 Å². The summed E-state index contributed by atoms with van der Waals surface area (Å²) in [5.74, 6) is -4.17. The van der Waals surface area contributed by atoms with E-state index in [4.69, 9.17) is 34.2 Å². The van der Waals surface area contributed by atoms with Crippen molar-refractivity contribution in [3.8, 4) is 0 Å². The molecule has 0 bridgehead atoms. The summed E-state index contributed by atoms with van der Waals surface area (Å²) in [5.41, 5.74) is 7.55. The van der Waals surface area contributed by atoms with E-state index in [-0.39, 0.29) is 29.3 Å². The summed E-state index contributed by atoms with van der Waals surface area (Å²) in [6.45, 7) is 21.7. The lowest BCUT2D eigenvalue weighted by molar-refractivity contribution is -0.216. The van der Waals surface area contributed by atoms with Crippen molar-refractivity contribution < 1.29 is 47.9 Å². The molecule has 296 valence electrons. The molecular weight excluding hydrogens is 666 g/mol. The number of rotatable bonds is 11. The van der Waals surface area contributed by atoms with Gasteiger partial charge in [0.15, 0.2) is 18.7 Å². The molecule has 52 heavy (non-hydrogen) atoms. The predicted molar refractivity (Wildman–Crippen MR) is 197 cm³/mol. The van der Waals surface area contributed by atoms with Crippen LogP contribution in [0, 0.1) is 45.3 Å². The number of carbonyl (C=O) groups is 3. The predicted octanol–water partition coefficient (Wildman–Crippen LogP) is 6.82. The van der Waals surface area contributed by atoms with Crippen molar-refractivity contribution in [2.45, 2.75) is 144 Å². The van der Waals surface area contributed by atoms with Crippen LogP contribution >= 0.6 is 0 Å². The van der Waals surface area contributed by atoms with E-state index < -0.39 is 71.4 Å². The van der Waals surface area contributed by atoms with E-state index in [9.17, 15) is 19.5 Å². The number of carboxylic acids is 1. The van der Waals surface area contributed by atoms with Crippen LogP contribution in [0.15, 0.2) is 23.8 Å². The molecule has 0 radical (unpaired) electrons. The molecule has 4 aliphatic carbocycles. The maximum atomic E-state index is 14.2. The molecule has 0 aromatic carbocycles. The van der Waals surface area contributed by atoms with Crippen LogP contribution in [0.2, 0.25) is 0 Å². The number of fused-ring (bicyclic) bond motifs is 4. The smallest absolute Gasteiger partial charge is 0.335 e. The molecule has 11 heteroatoms. The summed E-state index contributed by atoms with van der Waals surface area (Å²) in [7, 11) is 4.39. The third kappa shape index (κ3) is 7.26. The zero-order valence-electron chi connectivity index (χ0n) is 33.7. The van der Waals surface area contributed by atoms with Gasteiger partial charge >= 0.3 is 17.9 Å². The number of hydrogen-bond acceptors (Lipinski definition) is 10. The van der Waals surface area contributed by atoms with Gasteiger partial charge in [0.1, 0.15) is 12.0 Å². The minimum absolute atomic E-state index is 0.0573. The van der Waals surface area contributed by atoms with Crippen molar-refractivity contribution in [2.75, 3.05) is 27.9 Å². The lowest BCUT2D eigenvalue weighted by atomic mass is 9.44. The van der Waals surface area contributed by atoms with Crippen LogP contribution in [0.25, 0.3) is 0 Å². The van der Waals surface area contributed by atoms with Crippen LogP contribution < -0.4 is 5.73 Å². The van der Waals surface area contributed by atoms with Gasteiger partial charge in [-0.25, -0.2) is 4.79 Å². The fraction of sp³-hybridized carbons (Fsp3) is 0.829. The van der Waals surface area contributed by atoms with Crippen LogP contribution in [0.3, 0.4) is 0 Å². The van der Waals surface area contributed by atoms with Crippen molar-refractivity contribution in [3.05, 3.63) is 23.8 Å². The fourth-order valence-electron chi connectivity index (χ4n) is 11.4. The van der Waals surface area contributed by atoms with Gasteiger partial charge in [0.05, 0.1) is 20.1 Å². The third-order valence-corrected chi connectivity index (χ3v) is 14.1. The molecular formula is C41H67NO10. The quantitative estimate of drug-likeness (QED) is 0.170. The fourth-order valence-corrected chi connectivity index (χ4v) is 11.4. The molecule has 1 heterocycles. The van der Waals surface area contributed by atoms with Crippen LogP contribution in [0.4, 0.5) is 0 Å². The number of esters is 2. The normalized spacial score (nSPS) is 38.5. The Balaban J connectivity index is 0.00000297. The Hall–Kier alpha value is -2.31. The molecule has 8 unspecified atom stereocenters. The van der Waals surface area contributed by atoms with E-state index in [1.807, 2.05) is 13.8 Å². The van der Waals surface area contributed by atoms with E-state index >= 15 is 0 Å². The van der Waals surface area contributed by atoms with E-state index in [1.165, 1.54) is 7.11 Å². The van der Waals surface area contributed by atoms with Crippen LogP contribution in [-0.4, -0.2) is 81.3 Å². The van der Waals surface area contributed by atoms with Crippen molar-refractivity contribution in [1.82, 2.24) is 0 Å². The average Bonchev–Trinajstić information content (AvgIpc) is 3.45. The van der Waals surface area contributed by atoms with Crippen LogP contribution in [0.1, 0.15) is 113 Å². The summed E-state index contributed by atoms with van der Waals surface area (Å²) < 4.78 is 35.3. The number of carboxylic acid groups (broad SMARTS) is 1. The molecule has 0 spiro atoms. The standard InChI is InChI=1S/C39H61NO10.C2H6/c1-22-12-13-27-35(2,3)15-11-16-37(27,6)26(22)21-48-30(32(44)45-8)25(18-28(41)42)31(43)49-23-19-36(4,5)39(40)17-14-24-29(38(39,7)20-23)34(47-10)50-33(24)46-9;1-2/h14,23,25-27,29-30,33-34H,1,11-13,15-21,40H2,2-10H3,(H,41,42);1-2H3/t23-,25?,26?,27-,29?,30?,33?,34?,37?,38?,39+;/m0./s1. The third-order valence-electron chi connectivity index (χ3n) is 14.1. The van der Waals surface area contributed by atoms with Gasteiger partial charge in [0.25, 0.3) is 0 Å². The van der Waals surface area contributed by atoms with Crippen molar-refractivity contribution in [3.63, 3.8) is 0 Å². The maximum absolute atomic E-state index is 14.2. The minimum atomic E-state index is -1.47. The second kappa shape index (κ2) is 15.8. The second-order valence-electron chi connectivity index (χ2n) is 17.6. The minimum Gasteiger partial charge on any atom is -0.481 e. The van der Waals surface area contributed by atoms with Gasteiger partial charge in [0.2, 0.25) is 0 Å². The highest BCUT2D eigenvalue weighted by Gasteiger charge is 2.67. The molecule has 3 saturated carbocycles.